The van der Waals surface area contributed by atoms with E-state index in [4.69, 9.17) is 0 Å². The molecule has 0 aromatic rings. The number of ether oxygens (including phenoxy) is 1. The van der Waals surface area contributed by atoms with Crippen molar-refractivity contribution in [2.75, 3.05) is 0 Å². The lowest BCUT2D eigenvalue weighted by molar-refractivity contribution is -0.153. The maximum Gasteiger partial charge on any atom is 0.317 e. The van der Waals surface area contributed by atoms with Gasteiger partial charge in [0.15, 0.2) is 0 Å². The molecule has 0 unspecified atom stereocenters. The molecular formula is C11H18O3. The second-order valence-electron chi connectivity index (χ2n) is 3.90. The van der Waals surface area contributed by atoms with Crippen molar-refractivity contribution < 1.29 is 14.3 Å². The molecule has 0 aliphatic carbocycles. The molecular weight excluding hydrogens is 180 g/mol. The predicted molar refractivity (Wildman–Crippen MR) is 52.6 cm³/mol. The second kappa shape index (κ2) is 5.78. The van der Waals surface area contributed by atoms with E-state index in [1.807, 2.05) is 0 Å². The lowest BCUT2D eigenvalue weighted by Crippen LogP contribution is -2.06. The first-order valence-electron chi connectivity index (χ1n) is 5.48. The smallest absolute Gasteiger partial charge is 0.317 e. The van der Waals surface area contributed by atoms with E-state index in [1.54, 1.807) is 0 Å². The fraction of sp³-hybridized carbons (Fsp3) is 0.818. The summed E-state index contributed by atoms with van der Waals surface area (Å²) in [5.41, 5.74) is 0. The van der Waals surface area contributed by atoms with Gasteiger partial charge in [-0.15, -0.1) is 0 Å². The highest BCUT2D eigenvalue weighted by atomic mass is 16.6. The molecule has 0 aromatic carbocycles. The Morgan fingerprint density at radius 3 is 2.50 bits per heavy atom. The summed E-state index contributed by atoms with van der Waals surface area (Å²) in [6, 6.07) is 0. The Hall–Kier alpha value is -0.860. The van der Waals surface area contributed by atoms with Crippen LogP contribution >= 0.6 is 0 Å². The van der Waals surface area contributed by atoms with Gasteiger partial charge in [-0.25, -0.2) is 0 Å². The largest absolute Gasteiger partial charge is 0.393 e. The number of hydrogen-bond acceptors (Lipinski definition) is 3. The highest BCUT2D eigenvalue weighted by Crippen LogP contribution is 2.22. The third-order valence-corrected chi connectivity index (χ3v) is 2.62. The number of esters is 2. The van der Waals surface area contributed by atoms with Gasteiger partial charge in [0.25, 0.3) is 0 Å². The molecule has 3 heteroatoms. The van der Waals surface area contributed by atoms with Crippen molar-refractivity contribution in [3.8, 4) is 0 Å². The summed E-state index contributed by atoms with van der Waals surface area (Å²) in [6.07, 6.45) is 7.02. The minimum Gasteiger partial charge on any atom is -0.393 e. The summed E-state index contributed by atoms with van der Waals surface area (Å²) in [5, 5.41) is 0. The van der Waals surface area contributed by atoms with E-state index in [2.05, 4.69) is 11.7 Å². The molecule has 1 atom stereocenters. The van der Waals surface area contributed by atoms with Gasteiger partial charge in [0.2, 0.25) is 0 Å². The van der Waals surface area contributed by atoms with Crippen LogP contribution in [0.5, 0.6) is 0 Å². The Balaban J connectivity index is 2.07. The lowest BCUT2D eigenvalue weighted by atomic mass is 9.99. The van der Waals surface area contributed by atoms with Crippen LogP contribution in [0.1, 0.15) is 51.9 Å². The Bertz CT molecular complexity index is 211. The number of cyclic esters (lactones) is 2. The van der Waals surface area contributed by atoms with Gasteiger partial charge in [0, 0.05) is 0 Å². The van der Waals surface area contributed by atoms with Crippen molar-refractivity contribution in [2.24, 2.45) is 5.92 Å². The van der Waals surface area contributed by atoms with Crippen LogP contribution in [-0.2, 0) is 14.3 Å². The predicted octanol–water partition coefficient (Wildman–Crippen LogP) is 2.44. The van der Waals surface area contributed by atoms with Gasteiger partial charge >= 0.3 is 11.9 Å². The summed E-state index contributed by atoms with van der Waals surface area (Å²) in [4.78, 5) is 21.8. The topological polar surface area (TPSA) is 43.4 Å². The normalized spacial score (nSPS) is 21.4. The second-order valence-corrected chi connectivity index (χ2v) is 3.90. The number of carbonyl (C=O) groups is 2. The Kier molecular flexibility index (Phi) is 4.63. The maximum atomic E-state index is 11.1. The van der Waals surface area contributed by atoms with E-state index in [-0.39, 0.29) is 17.9 Å². The molecule has 1 fully saturated rings. The fourth-order valence-corrected chi connectivity index (χ4v) is 1.74. The first-order valence-corrected chi connectivity index (χ1v) is 5.48. The van der Waals surface area contributed by atoms with Crippen molar-refractivity contribution in [1.29, 1.82) is 0 Å². The number of carbonyl (C=O) groups excluding carboxylic acids is 2. The third-order valence-electron chi connectivity index (χ3n) is 2.62. The Labute approximate surface area is 84.8 Å². The highest BCUT2D eigenvalue weighted by molar-refractivity contribution is 5.94. The molecule has 1 saturated heterocycles. The average molecular weight is 198 g/mol. The maximum absolute atomic E-state index is 11.1. The summed E-state index contributed by atoms with van der Waals surface area (Å²) >= 11 is 0. The highest BCUT2D eigenvalue weighted by Gasteiger charge is 2.32. The van der Waals surface area contributed by atoms with Crippen LogP contribution in [0.4, 0.5) is 0 Å². The zero-order valence-electron chi connectivity index (χ0n) is 8.75. The molecule has 1 heterocycles. The zero-order chi connectivity index (χ0) is 10.4. The molecule has 1 rings (SSSR count). The van der Waals surface area contributed by atoms with Gasteiger partial charge in [-0.1, -0.05) is 39.0 Å². The average Bonchev–Trinajstić information content (AvgIpc) is 2.45. The number of unbranched alkanes of at least 4 members (excludes halogenated alkanes) is 4. The summed E-state index contributed by atoms with van der Waals surface area (Å²) in [6.45, 7) is 2.17. The fourth-order valence-electron chi connectivity index (χ4n) is 1.74. The van der Waals surface area contributed by atoms with E-state index in [1.165, 1.54) is 19.3 Å². The van der Waals surface area contributed by atoms with Crippen molar-refractivity contribution in [3.63, 3.8) is 0 Å². The number of hydrogen-bond donors (Lipinski definition) is 0. The van der Waals surface area contributed by atoms with Crippen molar-refractivity contribution in [2.45, 2.75) is 51.9 Å². The SMILES string of the molecule is CCCCCCC[C@@H]1CC(=O)OC1=O. The molecule has 0 N–H and O–H groups in total. The van der Waals surface area contributed by atoms with Crippen LogP contribution in [0.25, 0.3) is 0 Å². The van der Waals surface area contributed by atoms with E-state index in [9.17, 15) is 9.59 Å². The Morgan fingerprint density at radius 2 is 1.93 bits per heavy atom. The van der Waals surface area contributed by atoms with Gasteiger partial charge in [0.1, 0.15) is 0 Å². The first kappa shape index (κ1) is 11.2. The van der Waals surface area contributed by atoms with Gasteiger partial charge in [0.05, 0.1) is 12.3 Å². The third kappa shape index (κ3) is 3.48. The molecule has 80 valence electrons. The molecule has 0 bridgehead atoms. The van der Waals surface area contributed by atoms with Crippen LogP contribution in [0.3, 0.4) is 0 Å². The van der Waals surface area contributed by atoms with Crippen LogP contribution in [0.2, 0.25) is 0 Å². The quantitative estimate of drug-likeness (QED) is 0.374. The van der Waals surface area contributed by atoms with E-state index in [0.29, 0.717) is 6.42 Å². The van der Waals surface area contributed by atoms with Crippen molar-refractivity contribution in [3.05, 3.63) is 0 Å². The minimum atomic E-state index is -0.353. The van der Waals surface area contributed by atoms with Gasteiger partial charge in [-0.05, 0) is 6.42 Å². The summed E-state index contributed by atoms with van der Waals surface area (Å²) < 4.78 is 4.47. The molecule has 0 saturated carbocycles. The standard InChI is InChI=1S/C11H18O3/c1-2-3-4-5-6-7-9-8-10(12)14-11(9)13/h9H,2-8H2,1H3/t9-/m1/s1. The van der Waals surface area contributed by atoms with Crippen LogP contribution in [-0.4, -0.2) is 11.9 Å². The molecule has 1 aliphatic rings. The molecule has 1 aliphatic heterocycles. The first-order chi connectivity index (χ1) is 6.74. The van der Waals surface area contributed by atoms with Gasteiger partial charge in [-0.2, -0.15) is 0 Å². The van der Waals surface area contributed by atoms with E-state index < -0.39 is 0 Å². The van der Waals surface area contributed by atoms with Crippen LogP contribution in [0, 0.1) is 5.92 Å². The molecule has 0 radical (unpaired) electrons. The summed E-state index contributed by atoms with van der Waals surface area (Å²) in [7, 11) is 0. The van der Waals surface area contributed by atoms with Gasteiger partial charge < -0.3 is 4.74 Å². The van der Waals surface area contributed by atoms with Crippen LogP contribution < -0.4 is 0 Å². The van der Waals surface area contributed by atoms with Crippen molar-refractivity contribution in [1.82, 2.24) is 0 Å². The minimum absolute atomic E-state index is 0.149. The Morgan fingerprint density at radius 1 is 1.21 bits per heavy atom. The van der Waals surface area contributed by atoms with E-state index in [0.717, 1.165) is 19.3 Å². The van der Waals surface area contributed by atoms with Gasteiger partial charge in [-0.3, -0.25) is 9.59 Å². The lowest BCUT2D eigenvalue weighted by Gasteiger charge is -2.03. The summed E-state index contributed by atoms with van der Waals surface area (Å²) in [5.74, 6) is -0.817. The molecule has 0 aromatic heterocycles. The molecule has 0 spiro atoms. The monoisotopic (exact) mass is 198 g/mol. The van der Waals surface area contributed by atoms with Crippen molar-refractivity contribution >= 4 is 11.9 Å². The molecule has 3 nitrogen and oxygen atoms in total. The van der Waals surface area contributed by atoms with Crippen LogP contribution in [0.15, 0.2) is 0 Å². The molecule has 14 heavy (non-hydrogen) atoms. The number of rotatable bonds is 6. The molecule has 0 amide bonds. The van der Waals surface area contributed by atoms with E-state index >= 15 is 0 Å². The zero-order valence-corrected chi connectivity index (χ0v) is 8.75.